The molecule has 0 spiro atoms. The first-order valence-corrected chi connectivity index (χ1v) is 7.15. The topological polar surface area (TPSA) is 55.2 Å². The highest BCUT2D eigenvalue weighted by Gasteiger charge is 1.96. The molecule has 0 atom stereocenters. The number of aromatic amines is 1. The Hall–Kier alpha value is -2.73. The third kappa shape index (κ3) is 3.67. The van der Waals surface area contributed by atoms with Gasteiger partial charge in [-0.15, -0.1) is 0 Å². The fourth-order valence-electron chi connectivity index (χ4n) is 1.84. The largest absolute Gasteiger partial charge is 0.489 e. The van der Waals surface area contributed by atoms with E-state index in [-0.39, 0.29) is 0 Å². The van der Waals surface area contributed by atoms with E-state index in [0.29, 0.717) is 11.4 Å². The fraction of sp³-hybridized carbons (Fsp3) is 0.0625. The number of nitrogens with zero attached hydrogens (tertiary/aromatic N) is 3. The number of hydrogen-bond donors (Lipinski definition) is 1. The van der Waals surface area contributed by atoms with Crippen LogP contribution >= 0.6 is 12.2 Å². The molecule has 22 heavy (non-hydrogen) atoms. The Kier molecular flexibility index (Phi) is 4.41. The van der Waals surface area contributed by atoms with E-state index in [0.717, 1.165) is 16.9 Å². The van der Waals surface area contributed by atoms with Gasteiger partial charge in [0.15, 0.2) is 0 Å². The summed E-state index contributed by atoms with van der Waals surface area (Å²) >= 11 is 5.01. The summed E-state index contributed by atoms with van der Waals surface area (Å²) in [5.41, 5.74) is 2.10. The molecular weight excluding hydrogens is 296 g/mol. The highest BCUT2D eigenvalue weighted by atomic mass is 32.1. The second-order valence-electron chi connectivity index (χ2n) is 4.59. The van der Waals surface area contributed by atoms with Crippen molar-refractivity contribution in [3.8, 4) is 5.75 Å². The van der Waals surface area contributed by atoms with Gasteiger partial charge in [0, 0.05) is 0 Å². The zero-order valence-corrected chi connectivity index (χ0v) is 12.5. The molecule has 0 saturated heterocycles. The number of hydrogen-bond acceptors (Lipinski definition) is 4. The van der Waals surface area contributed by atoms with Gasteiger partial charge in [-0.05, 0) is 47.6 Å². The van der Waals surface area contributed by atoms with Gasteiger partial charge >= 0.3 is 0 Å². The molecule has 0 aliphatic heterocycles. The average molecular weight is 310 g/mol. The molecule has 0 fully saturated rings. The smallest absolute Gasteiger partial charge is 0.216 e. The molecule has 0 aliphatic rings. The Balaban J connectivity index is 1.62. The molecule has 3 rings (SSSR count). The van der Waals surface area contributed by atoms with Crippen molar-refractivity contribution in [3.05, 3.63) is 76.8 Å². The van der Waals surface area contributed by atoms with Gasteiger partial charge < -0.3 is 4.74 Å². The van der Waals surface area contributed by atoms with Crippen LogP contribution in [-0.2, 0) is 6.61 Å². The summed E-state index contributed by atoms with van der Waals surface area (Å²) in [4.78, 5) is 0. The average Bonchev–Trinajstić information content (AvgIpc) is 2.98. The first kappa shape index (κ1) is 14.2. The van der Waals surface area contributed by atoms with E-state index in [1.54, 1.807) is 6.21 Å². The van der Waals surface area contributed by atoms with Gasteiger partial charge in [-0.1, -0.05) is 30.3 Å². The van der Waals surface area contributed by atoms with Crippen LogP contribution in [0.25, 0.3) is 0 Å². The second-order valence-corrected chi connectivity index (χ2v) is 4.98. The third-order valence-corrected chi connectivity index (χ3v) is 3.27. The van der Waals surface area contributed by atoms with Crippen LogP contribution in [0.3, 0.4) is 0 Å². The lowest BCUT2D eigenvalue weighted by Gasteiger charge is -2.06. The Bertz CT molecular complexity index is 806. The SMILES string of the molecule is S=c1[nH]ncn1/N=C/c1ccc(OCc2ccccc2)cc1. The summed E-state index contributed by atoms with van der Waals surface area (Å²) in [6.07, 6.45) is 3.24. The van der Waals surface area contributed by atoms with Crippen LogP contribution in [0.2, 0.25) is 0 Å². The highest BCUT2D eigenvalue weighted by molar-refractivity contribution is 7.71. The monoisotopic (exact) mass is 310 g/mol. The lowest BCUT2D eigenvalue weighted by atomic mass is 10.2. The zero-order valence-electron chi connectivity index (χ0n) is 11.7. The van der Waals surface area contributed by atoms with Crippen molar-refractivity contribution in [2.75, 3.05) is 0 Å². The van der Waals surface area contributed by atoms with Crippen LogP contribution < -0.4 is 4.74 Å². The van der Waals surface area contributed by atoms with Crippen molar-refractivity contribution in [3.63, 3.8) is 0 Å². The lowest BCUT2D eigenvalue weighted by molar-refractivity contribution is 0.306. The maximum absolute atomic E-state index is 5.74. The van der Waals surface area contributed by atoms with Gasteiger partial charge in [-0.2, -0.15) is 14.9 Å². The summed E-state index contributed by atoms with van der Waals surface area (Å²) in [6, 6.07) is 17.8. The van der Waals surface area contributed by atoms with Gasteiger partial charge in [0.2, 0.25) is 4.77 Å². The van der Waals surface area contributed by atoms with Crippen molar-refractivity contribution in [2.24, 2.45) is 5.10 Å². The third-order valence-electron chi connectivity index (χ3n) is 3.00. The summed E-state index contributed by atoms with van der Waals surface area (Å²) in [6.45, 7) is 0.554. The molecule has 0 radical (unpaired) electrons. The van der Waals surface area contributed by atoms with E-state index < -0.39 is 0 Å². The standard InChI is InChI=1S/C16H14N4OS/c22-16-19-17-12-20(16)18-10-13-6-8-15(9-7-13)21-11-14-4-2-1-3-5-14/h1-10,12H,11H2,(H,19,22)/b18-10+. The fourth-order valence-corrected chi connectivity index (χ4v) is 1.99. The highest BCUT2D eigenvalue weighted by Crippen LogP contribution is 2.13. The molecule has 3 aromatic rings. The second kappa shape index (κ2) is 6.82. The normalized spacial score (nSPS) is 10.9. The van der Waals surface area contributed by atoms with Crippen LogP contribution in [0.5, 0.6) is 5.75 Å². The quantitative estimate of drug-likeness (QED) is 0.580. The molecule has 0 unspecified atom stereocenters. The van der Waals surface area contributed by atoms with E-state index in [4.69, 9.17) is 17.0 Å². The predicted octanol–water partition coefficient (Wildman–Crippen LogP) is 3.40. The summed E-state index contributed by atoms with van der Waals surface area (Å²) in [7, 11) is 0. The minimum Gasteiger partial charge on any atom is -0.489 e. The lowest BCUT2D eigenvalue weighted by Crippen LogP contribution is -1.95. The number of ether oxygens (including phenoxy) is 1. The molecule has 1 aromatic heterocycles. The van der Waals surface area contributed by atoms with Crippen molar-refractivity contribution >= 4 is 18.4 Å². The minimum absolute atomic E-state index is 0.457. The van der Waals surface area contributed by atoms with Crippen LogP contribution in [-0.4, -0.2) is 21.1 Å². The number of rotatable bonds is 5. The molecule has 110 valence electrons. The first-order chi connectivity index (χ1) is 10.8. The summed E-state index contributed by atoms with van der Waals surface area (Å²) in [5, 5.41) is 10.7. The molecular formula is C16H14N4OS. The molecule has 0 saturated carbocycles. The van der Waals surface area contributed by atoms with E-state index in [1.807, 2.05) is 54.6 Å². The molecule has 0 amide bonds. The van der Waals surface area contributed by atoms with E-state index in [9.17, 15) is 0 Å². The van der Waals surface area contributed by atoms with Gasteiger partial charge in [-0.3, -0.25) is 5.10 Å². The van der Waals surface area contributed by atoms with Crippen molar-refractivity contribution in [1.82, 2.24) is 14.9 Å². The van der Waals surface area contributed by atoms with E-state index >= 15 is 0 Å². The van der Waals surface area contributed by atoms with Gasteiger partial charge in [0.05, 0.1) is 6.21 Å². The van der Waals surface area contributed by atoms with Gasteiger partial charge in [0.1, 0.15) is 18.7 Å². The van der Waals surface area contributed by atoms with Gasteiger partial charge in [-0.25, -0.2) is 0 Å². The van der Waals surface area contributed by atoms with Crippen LogP contribution in [0.15, 0.2) is 66.0 Å². The number of H-pyrrole nitrogens is 1. The Morgan fingerprint density at radius 3 is 2.59 bits per heavy atom. The van der Waals surface area contributed by atoms with E-state index in [1.165, 1.54) is 11.0 Å². The van der Waals surface area contributed by atoms with Crippen LogP contribution in [0.4, 0.5) is 0 Å². The molecule has 1 N–H and O–H groups in total. The first-order valence-electron chi connectivity index (χ1n) is 6.74. The summed E-state index contributed by atoms with van der Waals surface area (Å²) < 4.78 is 7.69. The Morgan fingerprint density at radius 1 is 1.14 bits per heavy atom. The molecule has 6 heteroatoms. The Labute approximate surface area is 132 Å². The van der Waals surface area contributed by atoms with E-state index in [2.05, 4.69) is 15.3 Å². The maximum atomic E-state index is 5.74. The van der Waals surface area contributed by atoms with Crippen LogP contribution in [0, 0.1) is 4.77 Å². The molecule has 0 aliphatic carbocycles. The Morgan fingerprint density at radius 2 is 1.91 bits per heavy atom. The van der Waals surface area contributed by atoms with Gasteiger partial charge in [0.25, 0.3) is 0 Å². The number of benzene rings is 2. The molecule has 2 aromatic carbocycles. The zero-order chi connectivity index (χ0) is 15.2. The van der Waals surface area contributed by atoms with Crippen molar-refractivity contribution in [2.45, 2.75) is 6.61 Å². The predicted molar refractivity (Wildman–Crippen MR) is 87.6 cm³/mol. The number of nitrogens with one attached hydrogen (secondary N) is 1. The molecule has 1 heterocycles. The summed E-state index contributed by atoms with van der Waals surface area (Å²) in [5.74, 6) is 0.820. The van der Waals surface area contributed by atoms with Crippen molar-refractivity contribution in [1.29, 1.82) is 0 Å². The van der Waals surface area contributed by atoms with Crippen LogP contribution in [0.1, 0.15) is 11.1 Å². The molecule has 0 bridgehead atoms. The van der Waals surface area contributed by atoms with Crippen molar-refractivity contribution < 1.29 is 4.74 Å². The molecule has 5 nitrogen and oxygen atoms in total. The number of aromatic nitrogens is 3. The maximum Gasteiger partial charge on any atom is 0.216 e. The minimum atomic E-state index is 0.457.